The van der Waals surface area contributed by atoms with Crippen LogP contribution in [0.4, 0.5) is 4.39 Å². The molecule has 0 radical (unpaired) electrons. The molecule has 4 aromatic rings. The molecule has 3 heterocycles. The first-order chi connectivity index (χ1) is 13.3. The summed E-state index contributed by atoms with van der Waals surface area (Å²) in [7, 11) is 1.58. The van der Waals surface area contributed by atoms with E-state index < -0.39 is 17.1 Å². The summed E-state index contributed by atoms with van der Waals surface area (Å²) < 4.78 is 20.3. The molecule has 146 valence electrons. The Morgan fingerprint density at radius 3 is 2.61 bits per heavy atom. The Balaban J connectivity index is 2.04. The van der Waals surface area contributed by atoms with E-state index >= 15 is 0 Å². The number of benzene rings is 1. The highest BCUT2D eigenvalue weighted by atomic mass is 19.1. The van der Waals surface area contributed by atoms with Gasteiger partial charge in [0.1, 0.15) is 5.82 Å². The van der Waals surface area contributed by atoms with Crippen LogP contribution in [0.2, 0.25) is 0 Å². The van der Waals surface area contributed by atoms with Crippen LogP contribution in [0.15, 0.2) is 40.1 Å². The first-order valence-electron chi connectivity index (χ1n) is 9.28. The van der Waals surface area contributed by atoms with E-state index in [0.717, 1.165) is 16.7 Å². The van der Waals surface area contributed by atoms with Crippen molar-refractivity contribution in [3.63, 3.8) is 0 Å². The normalized spacial score (nSPS) is 12.9. The van der Waals surface area contributed by atoms with Gasteiger partial charge in [0.05, 0.1) is 6.54 Å². The fourth-order valence-corrected chi connectivity index (χ4v) is 3.69. The van der Waals surface area contributed by atoms with Crippen molar-refractivity contribution >= 4 is 16.9 Å². The van der Waals surface area contributed by atoms with Gasteiger partial charge in [-0.15, -0.1) is 0 Å². The smallest absolute Gasteiger partial charge is 0.311 e. The van der Waals surface area contributed by atoms with Crippen LogP contribution in [0.25, 0.3) is 16.9 Å². The lowest BCUT2D eigenvalue weighted by Gasteiger charge is -2.12. The summed E-state index contributed by atoms with van der Waals surface area (Å²) in [6.45, 7) is 6.00. The zero-order chi connectivity index (χ0) is 20.2. The number of imidazole rings is 2. The number of rotatable bonds is 4. The van der Waals surface area contributed by atoms with E-state index in [1.807, 2.05) is 13.1 Å². The van der Waals surface area contributed by atoms with Crippen molar-refractivity contribution < 1.29 is 4.39 Å². The van der Waals surface area contributed by atoms with Gasteiger partial charge in [0.25, 0.3) is 5.56 Å². The molecule has 3 aromatic heterocycles. The van der Waals surface area contributed by atoms with Gasteiger partial charge in [0.15, 0.2) is 11.2 Å². The summed E-state index contributed by atoms with van der Waals surface area (Å²) in [6.07, 6.45) is 2.76. The fourth-order valence-electron chi connectivity index (χ4n) is 3.69. The van der Waals surface area contributed by atoms with E-state index in [4.69, 9.17) is 0 Å². The topological polar surface area (TPSA) is 66.2 Å². The van der Waals surface area contributed by atoms with Crippen molar-refractivity contribution in [2.24, 2.45) is 7.05 Å². The standard InChI is InChI=1S/C20H22FN5O2/c1-5-12(2)26-13(3)10-24-16-17(22-19(24)26)23(4)20(28)25(18(16)27)11-14-8-6-7-9-15(14)21/h6-10,12H,5,11H2,1-4H3/t12-/m0/s1. The summed E-state index contributed by atoms with van der Waals surface area (Å²) in [6, 6.07) is 6.34. The first-order valence-corrected chi connectivity index (χ1v) is 9.28. The first kappa shape index (κ1) is 18.2. The third kappa shape index (κ3) is 2.51. The molecule has 1 atom stereocenters. The maximum atomic E-state index is 14.1. The van der Waals surface area contributed by atoms with Crippen LogP contribution in [-0.4, -0.2) is 23.1 Å². The molecule has 0 aliphatic rings. The number of hydrogen-bond acceptors (Lipinski definition) is 3. The van der Waals surface area contributed by atoms with Gasteiger partial charge in [-0.1, -0.05) is 25.1 Å². The molecule has 0 N–H and O–H groups in total. The molecule has 0 amide bonds. The minimum Gasteiger partial charge on any atom is -0.311 e. The number of halogens is 1. The molecule has 28 heavy (non-hydrogen) atoms. The molecule has 0 aliphatic heterocycles. The summed E-state index contributed by atoms with van der Waals surface area (Å²) in [5.74, 6) is 0.173. The lowest BCUT2D eigenvalue weighted by Crippen LogP contribution is -2.39. The van der Waals surface area contributed by atoms with Gasteiger partial charge in [-0.3, -0.25) is 18.3 Å². The van der Waals surface area contributed by atoms with Gasteiger partial charge in [-0.25, -0.2) is 9.18 Å². The van der Waals surface area contributed by atoms with Gasteiger partial charge < -0.3 is 4.57 Å². The molecule has 0 fully saturated rings. The van der Waals surface area contributed by atoms with Gasteiger partial charge in [0.2, 0.25) is 5.78 Å². The van der Waals surface area contributed by atoms with E-state index in [0.29, 0.717) is 16.9 Å². The predicted octanol–water partition coefficient (Wildman–Crippen LogP) is 2.62. The lowest BCUT2D eigenvalue weighted by molar-refractivity contribution is 0.532. The summed E-state index contributed by atoms with van der Waals surface area (Å²) in [5.41, 5.74) is 0.914. The van der Waals surface area contributed by atoms with Crippen molar-refractivity contribution in [2.75, 3.05) is 0 Å². The molecule has 1 aromatic carbocycles. The van der Waals surface area contributed by atoms with Crippen molar-refractivity contribution in [2.45, 2.75) is 39.8 Å². The SMILES string of the molecule is CC[C@H](C)n1c(C)cn2c3c(=O)n(Cc4ccccc4F)c(=O)n(C)c3nc12. The minimum absolute atomic E-state index is 0.133. The maximum Gasteiger partial charge on any atom is 0.332 e. The van der Waals surface area contributed by atoms with E-state index in [1.165, 1.54) is 10.6 Å². The van der Waals surface area contributed by atoms with Gasteiger partial charge in [0, 0.05) is 30.5 Å². The Bertz CT molecular complexity index is 1320. The van der Waals surface area contributed by atoms with Crippen LogP contribution in [0, 0.1) is 12.7 Å². The third-order valence-corrected chi connectivity index (χ3v) is 5.39. The second-order valence-corrected chi connectivity index (χ2v) is 7.18. The van der Waals surface area contributed by atoms with Crippen molar-refractivity contribution in [3.05, 3.63) is 68.4 Å². The molecule has 0 unspecified atom stereocenters. The highest BCUT2D eigenvalue weighted by molar-refractivity contribution is 5.75. The van der Waals surface area contributed by atoms with Crippen molar-refractivity contribution in [1.29, 1.82) is 0 Å². The molecule has 7 nitrogen and oxygen atoms in total. The Kier molecular flexibility index (Phi) is 4.21. The van der Waals surface area contributed by atoms with Crippen LogP contribution in [-0.2, 0) is 13.6 Å². The highest BCUT2D eigenvalue weighted by Crippen LogP contribution is 2.22. The monoisotopic (exact) mass is 383 g/mol. The lowest BCUT2D eigenvalue weighted by atomic mass is 10.2. The van der Waals surface area contributed by atoms with Crippen LogP contribution in [0.1, 0.15) is 37.6 Å². The van der Waals surface area contributed by atoms with Gasteiger partial charge in [-0.2, -0.15) is 4.98 Å². The molecule has 0 saturated heterocycles. The van der Waals surface area contributed by atoms with E-state index in [-0.39, 0.29) is 18.2 Å². The van der Waals surface area contributed by atoms with Crippen LogP contribution in [0.5, 0.6) is 0 Å². The van der Waals surface area contributed by atoms with E-state index in [9.17, 15) is 14.0 Å². The number of fused-ring (bicyclic) bond motifs is 3. The Morgan fingerprint density at radius 1 is 1.21 bits per heavy atom. The Labute approximate surface area is 160 Å². The molecule has 0 bridgehead atoms. The molecule has 0 saturated carbocycles. The predicted molar refractivity (Wildman–Crippen MR) is 105 cm³/mol. The van der Waals surface area contributed by atoms with Gasteiger partial charge >= 0.3 is 5.69 Å². The van der Waals surface area contributed by atoms with Crippen molar-refractivity contribution in [3.8, 4) is 0 Å². The molecule has 0 aliphatic carbocycles. The molecule has 8 heteroatoms. The highest BCUT2D eigenvalue weighted by Gasteiger charge is 2.21. The summed E-state index contributed by atoms with van der Waals surface area (Å²) in [4.78, 5) is 30.6. The van der Waals surface area contributed by atoms with Crippen LogP contribution < -0.4 is 11.2 Å². The molecule has 0 spiro atoms. The number of hydrogen-bond donors (Lipinski definition) is 0. The Hall–Kier alpha value is -3.16. The largest absolute Gasteiger partial charge is 0.332 e. The molecule has 4 rings (SSSR count). The molecular formula is C20H22FN5O2. The summed E-state index contributed by atoms with van der Waals surface area (Å²) in [5, 5.41) is 0. The van der Waals surface area contributed by atoms with E-state index in [1.54, 1.807) is 29.6 Å². The number of nitrogens with zero attached hydrogens (tertiary/aromatic N) is 5. The maximum absolute atomic E-state index is 14.1. The third-order valence-electron chi connectivity index (χ3n) is 5.39. The average molecular weight is 383 g/mol. The Morgan fingerprint density at radius 2 is 1.93 bits per heavy atom. The van der Waals surface area contributed by atoms with Crippen LogP contribution in [0.3, 0.4) is 0 Å². The summed E-state index contributed by atoms with van der Waals surface area (Å²) >= 11 is 0. The fraction of sp³-hybridized carbons (Fsp3) is 0.350. The average Bonchev–Trinajstić information content (AvgIpc) is 3.18. The second kappa shape index (κ2) is 6.47. The quantitative estimate of drug-likeness (QED) is 0.544. The minimum atomic E-state index is -0.520. The second-order valence-electron chi connectivity index (χ2n) is 7.18. The molecular weight excluding hydrogens is 361 g/mol. The number of aromatic nitrogens is 5. The number of aryl methyl sites for hydroxylation is 2. The van der Waals surface area contributed by atoms with Crippen LogP contribution >= 0.6 is 0 Å². The van der Waals surface area contributed by atoms with Gasteiger partial charge in [-0.05, 0) is 26.3 Å². The van der Waals surface area contributed by atoms with E-state index in [2.05, 4.69) is 23.4 Å². The zero-order valence-corrected chi connectivity index (χ0v) is 16.3. The van der Waals surface area contributed by atoms with Crippen molar-refractivity contribution in [1.82, 2.24) is 23.1 Å². The zero-order valence-electron chi connectivity index (χ0n) is 16.3.